The van der Waals surface area contributed by atoms with Crippen molar-refractivity contribution in [1.29, 1.82) is 0 Å². The Morgan fingerprint density at radius 2 is 1.58 bits per heavy atom. The number of aryl methyl sites for hydroxylation is 3. The van der Waals surface area contributed by atoms with E-state index in [4.69, 9.17) is 14.9 Å². The van der Waals surface area contributed by atoms with E-state index >= 15 is 0 Å². The van der Waals surface area contributed by atoms with Crippen molar-refractivity contribution in [1.82, 2.24) is 0 Å². The first-order valence-corrected chi connectivity index (χ1v) is 8.78. The van der Waals surface area contributed by atoms with Crippen molar-refractivity contribution in [2.24, 2.45) is 5.92 Å². The minimum atomic E-state index is -0.910. The van der Waals surface area contributed by atoms with E-state index in [-0.39, 0.29) is 24.6 Å². The first kappa shape index (κ1) is 18.1. The molecule has 1 saturated heterocycles. The number of carboxylic acids is 1. The van der Waals surface area contributed by atoms with Crippen LogP contribution < -0.4 is 0 Å². The van der Waals surface area contributed by atoms with Crippen molar-refractivity contribution in [3.8, 4) is 0 Å². The lowest BCUT2D eigenvalue weighted by molar-refractivity contribution is -0.188. The quantitative estimate of drug-likeness (QED) is 0.712. The van der Waals surface area contributed by atoms with Gasteiger partial charge >= 0.3 is 11.9 Å². The van der Waals surface area contributed by atoms with Crippen LogP contribution in [0.4, 0.5) is 0 Å². The van der Waals surface area contributed by atoms with Crippen LogP contribution in [-0.2, 0) is 28.8 Å². The molecule has 0 radical (unpaired) electrons. The number of carbonyl (C=O) groups excluding carboxylic acids is 1. The molecule has 3 rings (SSSR count). The normalized spacial score (nSPS) is 18.9. The molecule has 0 amide bonds. The van der Waals surface area contributed by atoms with E-state index < -0.39 is 5.97 Å². The molecule has 2 N–H and O–H groups in total. The van der Waals surface area contributed by atoms with Gasteiger partial charge in [-0.25, -0.2) is 4.79 Å². The standard InChI is InChI=1S/C21H22O5/c22-13-18-19(26-21(18)25)10-9-15-4-1-3-14(11-15)7-8-16-5-2-6-17(12-16)20(23)24/h1-6,11-12,18-19,22H,7-10,13H2,(H,23,24)/t18-,19-/m1/s1. The van der Waals surface area contributed by atoms with Crippen LogP contribution in [0.25, 0.3) is 0 Å². The topological polar surface area (TPSA) is 83.8 Å². The van der Waals surface area contributed by atoms with Crippen LogP contribution in [0.15, 0.2) is 48.5 Å². The number of ether oxygens (including phenoxy) is 1. The summed E-state index contributed by atoms with van der Waals surface area (Å²) < 4.78 is 5.08. The molecule has 136 valence electrons. The molecule has 0 bridgehead atoms. The molecule has 2 aromatic carbocycles. The molecule has 1 heterocycles. The lowest BCUT2D eigenvalue weighted by Crippen LogP contribution is -2.47. The molecule has 0 aromatic heterocycles. The molecule has 0 saturated carbocycles. The smallest absolute Gasteiger partial charge is 0.335 e. The monoisotopic (exact) mass is 354 g/mol. The Hall–Kier alpha value is -2.66. The number of hydrogen-bond donors (Lipinski definition) is 2. The molecule has 26 heavy (non-hydrogen) atoms. The van der Waals surface area contributed by atoms with E-state index in [9.17, 15) is 9.59 Å². The van der Waals surface area contributed by atoms with E-state index in [1.807, 2.05) is 18.2 Å². The first-order valence-electron chi connectivity index (χ1n) is 8.78. The summed E-state index contributed by atoms with van der Waals surface area (Å²) in [6.07, 6.45) is 2.92. The fourth-order valence-corrected chi connectivity index (χ4v) is 3.25. The SMILES string of the molecule is O=C(O)c1cccc(CCc2cccc(CC[C@H]3OC(=O)[C@@H]3CO)c2)c1. The van der Waals surface area contributed by atoms with Crippen LogP contribution in [0.2, 0.25) is 0 Å². The van der Waals surface area contributed by atoms with Gasteiger partial charge in [-0.2, -0.15) is 0 Å². The summed E-state index contributed by atoms with van der Waals surface area (Å²) >= 11 is 0. The number of carbonyl (C=O) groups is 2. The maximum atomic E-state index is 11.2. The first-order chi connectivity index (χ1) is 12.6. The zero-order valence-corrected chi connectivity index (χ0v) is 14.4. The van der Waals surface area contributed by atoms with Crippen molar-refractivity contribution >= 4 is 11.9 Å². The third-order valence-corrected chi connectivity index (χ3v) is 4.80. The highest BCUT2D eigenvalue weighted by Gasteiger charge is 2.41. The third kappa shape index (κ3) is 4.29. The van der Waals surface area contributed by atoms with Crippen LogP contribution in [0.1, 0.15) is 33.5 Å². The molecule has 5 heteroatoms. The van der Waals surface area contributed by atoms with Crippen molar-refractivity contribution in [2.45, 2.75) is 31.8 Å². The Kier molecular flexibility index (Phi) is 5.68. The van der Waals surface area contributed by atoms with Gasteiger partial charge in [-0.1, -0.05) is 36.4 Å². The fraction of sp³-hybridized carbons (Fsp3) is 0.333. The highest BCUT2D eigenvalue weighted by atomic mass is 16.6. The van der Waals surface area contributed by atoms with E-state index in [0.717, 1.165) is 24.8 Å². The Morgan fingerprint density at radius 3 is 2.19 bits per heavy atom. The summed E-state index contributed by atoms with van der Waals surface area (Å²) in [5.41, 5.74) is 3.67. The Balaban J connectivity index is 1.55. The van der Waals surface area contributed by atoms with Gasteiger partial charge < -0.3 is 14.9 Å². The van der Waals surface area contributed by atoms with Crippen molar-refractivity contribution in [3.63, 3.8) is 0 Å². The second kappa shape index (κ2) is 8.15. The van der Waals surface area contributed by atoms with Gasteiger partial charge in [-0.05, 0) is 54.5 Å². The second-order valence-electron chi connectivity index (χ2n) is 6.63. The van der Waals surface area contributed by atoms with Gasteiger partial charge in [-0.3, -0.25) is 4.79 Å². The van der Waals surface area contributed by atoms with Gasteiger partial charge in [0.2, 0.25) is 0 Å². The van der Waals surface area contributed by atoms with Gasteiger partial charge in [0.25, 0.3) is 0 Å². The molecular weight excluding hydrogens is 332 g/mol. The number of hydrogen-bond acceptors (Lipinski definition) is 4. The van der Waals surface area contributed by atoms with Gasteiger partial charge in [0.15, 0.2) is 0 Å². The van der Waals surface area contributed by atoms with Crippen molar-refractivity contribution < 1.29 is 24.5 Å². The summed E-state index contributed by atoms with van der Waals surface area (Å²) in [5.74, 6) is -1.60. The van der Waals surface area contributed by atoms with Gasteiger partial charge in [0.05, 0.1) is 12.2 Å². The van der Waals surface area contributed by atoms with E-state index in [0.29, 0.717) is 12.0 Å². The summed E-state index contributed by atoms with van der Waals surface area (Å²) in [4.78, 5) is 22.3. The zero-order valence-electron chi connectivity index (χ0n) is 14.4. The molecule has 0 spiro atoms. The maximum Gasteiger partial charge on any atom is 0.335 e. The molecule has 2 aromatic rings. The summed E-state index contributed by atoms with van der Waals surface area (Å²) in [6.45, 7) is -0.154. The maximum absolute atomic E-state index is 11.2. The number of aromatic carboxylic acids is 1. The van der Waals surface area contributed by atoms with Crippen molar-refractivity contribution in [3.05, 3.63) is 70.8 Å². The minimum Gasteiger partial charge on any atom is -0.478 e. The van der Waals surface area contributed by atoms with Crippen LogP contribution in [0, 0.1) is 5.92 Å². The number of esters is 1. The summed E-state index contributed by atoms with van der Waals surface area (Å²) in [6, 6.07) is 15.3. The Bertz CT molecular complexity index is 798. The van der Waals surface area contributed by atoms with Crippen molar-refractivity contribution in [2.75, 3.05) is 6.61 Å². The average molecular weight is 354 g/mol. The van der Waals surface area contributed by atoms with Crippen LogP contribution in [0.5, 0.6) is 0 Å². The lowest BCUT2D eigenvalue weighted by Gasteiger charge is -2.33. The predicted octanol–water partition coefficient (Wildman–Crippen LogP) is 2.64. The Morgan fingerprint density at radius 1 is 0.962 bits per heavy atom. The van der Waals surface area contributed by atoms with Crippen LogP contribution in [-0.4, -0.2) is 34.9 Å². The third-order valence-electron chi connectivity index (χ3n) is 4.80. The summed E-state index contributed by atoms with van der Waals surface area (Å²) in [7, 11) is 0. The molecule has 0 aliphatic carbocycles. The molecule has 0 unspecified atom stereocenters. The predicted molar refractivity (Wildman–Crippen MR) is 96.0 cm³/mol. The molecule has 2 atom stereocenters. The Labute approximate surface area is 152 Å². The molecular formula is C21H22O5. The lowest BCUT2D eigenvalue weighted by atomic mass is 9.91. The molecule has 5 nitrogen and oxygen atoms in total. The average Bonchev–Trinajstić information content (AvgIpc) is 2.64. The second-order valence-corrected chi connectivity index (χ2v) is 6.63. The van der Waals surface area contributed by atoms with Gasteiger partial charge in [0, 0.05) is 0 Å². The molecule has 1 fully saturated rings. The van der Waals surface area contributed by atoms with E-state index in [1.165, 1.54) is 11.1 Å². The van der Waals surface area contributed by atoms with Crippen LogP contribution >= 0.6 is 0 Å². The highest BCUT2D eigenvalue weighted by molar-refractivity contribution is 5.87. The number of benzene rings is 2. The molecule has 1 aliphatic rings. The molecule has 1 aliphatic heterocycles. The number of cyclic esters (lactones) is 1. The number of carboxylic acid groups (broad SMARTS) is 1. The number of rotatable bonds is 8. The van der Waals surface area contributed by atoms with Crippen LogP contribution in [0.3, 0.4) is 0 Å². The van der Waals surface area contributed by atoms with E-state index in [2.05, 4.69) is 12.1 Å². The van der Waals surface area contributed by atoms with E-state index in [1.54, 1.807) is 18.2 Å². The fourth-order valence-electron chi connectivity index (χ4n) is 3.25. The highest BCUT2D eigenvalue weighted by Crippen LogP contribution is 2.26. The van der Waals surface area contributed by atoms with Gasteiger partial charge in [0.1, 0.15) is 12.0 Å². The number of aliphatic hydroxyl groups excluding tert-OH is 1. The minimum absolute atomic E-state index is 0.154. The largest absolute Gasteiger partial charge is 0.478 e. The number of aliphatic hydroxyl groups is 1. The zero-order chi connectivity index (χ0) is 18.5. The van der Waals surface area contributed by atoms with Gasteiger partial charge in [-0.15, -0.1) is 0 Å². The summed E-state index contributed by atoms with van der Waals surface area (Å²) in [5, 5.41) is 18.2.